The molecule has 0 aromatic heterocycles. The van der Waals surface area contributed by atoms with Gasteiger partial charge < -0.3 is 47.1 Å². The Hall–Kier alpha value is -4.41. The first-order valence-electron chi connectivity index (χ1n) is 41.5. The minimum absolute atomic E-state index is 0.0654. The molecule has 5 aromatic carbocycles. The number of phosphoric ester groups is 4. The van der Waals surface area contributed by atoms with Crippen LogP contribution in [0.2, 0.25) is 36.3 Å². The Morgan fingerprint density at radius 3 is 0.835 bits per heavy atom. The highest BCUT2D eigenvalue weighted by molar-refractivity contribution is 7.81. The number of carboxylic acids is 1. The van der Waals surface area contributed by atoms with Crippen LogP contribution in [0.5, 0.6) is 28.7 Å². The number of aliphatic hydroxyl groups excluding tert-OH is 1. The molecule has 121 heavy (non-hydrogen) atoms. The average molecular weight is 1860 g/mol. The first-order chi connectivity index (χ1) is 55.9. The van der Waals surface area contributed by atoms with Gasteiger partial charge in [-0.05, 0) is 182 Å². The molecule has 0 spiro atoms. The fourth-order valence-corrected chi connectivity index (χ4v) is 19.2. The number of hydrogen-bond donors (Lipinski definition) is 3. The van der Waals surface area contributed by atoms with Gasteiger partial charge in [-0.25, -0.2) is 22.8 Å². The van der Waals surface area contributed by atoms with E-state index in [-0.39, 0.29) is 92.2 Å². The van der Waals surface area contributed by atoms with Crippen LogP contribution >= 0.6 is 49.5 Å². The minimum Gasteiger partial charge on any atom is -0.508 e. The van der Waals surface area contributed by atoms with Crippen molar-refractivity contribution in [3.8, 4) is 28.7 Å². The zero-order chi connectivity index (χ0) is 93.2. The molecular weight excluding hydrogens is 1710 g/mol. The Labute approximate surface area is 733 Å². The second-order valence-corrected chi connectivity index (χ2v) is 52.4. The maximum Gasteiger partial charge on any atom is 0.530 e. The number of carbonyl (C=O) groups excluding carboxylic acids is 1. The summed E-state index contributed by atoms with van der Waals surface area (Å²) in [5.74, 6) is 1.17. The lowest BCUT2D eigenvalue weighted by atomic mass is 9.81. The summed E-state index contributed by atoms with van der Waals surface area (Å²) < 4.78 is 147. The summed E-state index contributed by atoms with van der Waals surface area (Å²) in [6.07, 6.45) is 3.43. The van der Waals surface area contributed by atoms with E-state index in [1.807, 2.05) is 94.4 Å². The van der Waals surface area contributed by atoms with E-state index in [4.69, 9.17) is 79.5 Å². The quantitative estimate of drug-likeness (QED) is 0.0185. The van der Waals surface area contributed by atoms with E-state index >= 15 is 0 Å². The second-order valence-electron chi connectivity index (χ2n) is 33.8. The molecule has 694 valence electrons. The SMILES string of the molecule is CC(C)(CCO[Si](C)(C)C(C)(C)C)c1ccccc1O.CCOP(=O)(Cl)OCC.CCOP(=O)(OCC)Oc1ccccc1C(C)(C)CC(=O)O.CCOP(=O)(OCC)Oc1ccccc1C(C)(C)CC=O.CCOP(=O)(OCC)Oc1ccccc1C(C)(C)CCO.CCOP(=O)(OCC)Oc1ccccc1C(C)(C)CCO[Si](C)(C)C(C)(C)C. The van der Waals surface area contributed by atoms with Gasteiger partial charge in [-0.3, -0.25) is 50.0 Å². The van der Waals surface area contributed by atoms with Crippen molar-refractivity contribution in [3.05, 3.63) is 149 Å². The van der Waals surface area contributed by atoms with Gasteiger partial charge in [0.25, 0.3) is 0 Å². The van der Waals surface area contributed by atoms with Crippen molar-refractivity contribution < 1.29 is 120 Å². The zero-order valence-corrected chi connectivity index (χ0v) is 85.4. The van der Waals surface area contributed by atoms with E-state index in [9.17, 15) is 42.6 Å². The molecule has 5 aromatic rings. The fraction of sp³-hybridized carbons (Fsp3) is 0.632. The van der Waals surface area contributed by atoms with Crippen molar-refractivity contribution in [2.45, 2.75) is 275 Å². The lowest BCUT2D eigenvalue weighted by Gasteiger charge is -2.37. The highest BCUT2D eigenvalue weighted by atomic mass is 35.7. The van der Waals surface area contributed by atoms with Crippen molar-refractivity contribution >= 4 is 78.4 Å². The van der Waals surface area contributed by atoms with Gasteiger partial charge in [0.15, 0.2) is 16.6 Å². The van der Waals surface area contributed by atoms with Gasteiger partial charge in [0.1, 0.15) is 35.0 Å². The van der Waals surface area contributed by atoms with Crippen LogP contribution in [0.3, 0.4) is 0 Å². The van der Waals surface area contributed by atoms with Crippen molar-refractivity contribution in [2.75, 3.05) is 85.9 Å². The molecule has 5 rings (SSSR count). The minimum atomic E-state index is -3.72. The predicted octanol–water partition coefficient (Wildman–Crippen LogP) is 26.4. The number of phenols is 1. The lowest BCUT2D eigenvalue weighted by molar-refractivity contribution is -0.138. The normalized spacial score (nSPS) is 12.8. The van der Waals surface area contributed by atoms with Crippen LogP contribution in [0.1, 0.15) is 240 Å². The third-order valence-electron chi connectivity index (χ3n) is 19.7. The van der Waals surface area contributed by atoms with Crippen molar-refractivity contribution in [1.82, 2.24) is 0 Å². The Bertz CT molecular complexity index is 4020. The number of rotatable bonds is 47. The summed E-state index contributed by atoms with van der Waals surface area (Å²) in [5, 5.41) is 28.7. The number of halogens is 1. The highest BCUT2D eigenvalue weighted by Gasteiger charge is 2.41. The Balaban J connectivity index is 0.00000146. The molecule has 0 fully saturated rings. The van der Waals surface area contributed by atoms with E-state index in [0.717, 1.165) is 48.0 Å². The van der Waals surface area contributed by atoms with Crippen molar-refractivity contribution in [2.24, 2.45) is 0 Å². The van der Waals surface area contributed by atoms with Gasteiger partial charge in [-0.15, -0.1) is 0 Å². The number of phosphoric acid groups is 4. The summed E-state index contributed by atoms with van der Waals surface area (Å²) in [7, 11) is -18.1. The number of aliphatic carboxylic acids is 1. The van der Waals surface area contributed by atoms with Gasteiger partial charge in [-0.2, -0.15) is 0 Å². The summed E-state index contributed by atoms with van der Waals surface area (Å²) in [5.41, 5.74) is 2.53. The van der Waals surface area contributed by atoms with Crippen LogP contribution in [0, 0.1) is 0 Å². The molecule has 0 bridgehead atoms. The number of aliphatic hydroxyl groups is 1. The van der Waals surface area contributed by atoms with Crippen molar-refractivity contribution in [3.63, 3.8) is 0 Å². The predicted molar refractivity (Wildman–Crippen MR) is 492 cm³/mol. The fourth-order valence-electron chi connectivity index (χ4n) is 11.0. The zero-order valence-electron chi connectivity index (χ0n) is 78.2. The van der Waals surface area contributed by atoms with Crippen LogP contribution in [0.25, 0.3) is 0 Å². The van der Waals surface area contributed by atoms with Gasteiger partial charge in [0, 0.05) is 65.2 Å². The number of benzene rings is 5. The number of para-hydroxylation sites is 5. The maximum absolute atomic E-state index is 12.8. The standard InChI is InChI=1S/C21H39O5PSi.C17H30O2Si.C15H23O6P.C15H25O5P.C15H23O5P.C4H10ClO3P/c1-10-23-27(22,24-11-2)26-19-15-13-12-14-18(19)21(6,7)16-17-25-28(8,9)20(3,4)5;1-16(2,3)20(6,7)19-13-12-17(4,5)14-10-8-9-11-15(14)18;1-5-19-22(18,20-6-2)21-13-10-8-7-9-12(13)15(3,4)11-14(16)17;2*1-5-18-21(17,19-6-2)20-14-10-8-7-9-13(14)15(3,4)11-12-16;1-3-7-9(5,6)8-4-2/h12-15H,10-11,16-17H2,1-9H3;8-11,18H,12-13H2,1-7H3;7-10H,5-6,11H2,1-4H3,(H,16,17);7-10,16H,5-6,11-12H2,1-4H3;7-10,12H,5-6,11H2,1-4H3;3-4H2,1-2H3. The number of phenolic OH excluding ortho intramolecular Hbond substituents is 1. The molecule has 0 atom stereocenters. The number of hydrogen-bond acceptors (Lipinski definition) is 25. The molecule has 0 heterocycles. The van der Waals surface area contributed by atoms with Gasteiger partial charge in [-0.1, -0.05) is 202 Å². The van der Waals surface area contributed by atoms with Crippen LogP contribution in [0.4, 0.5) is 0 Å². The van der Waals surface area contributed by atoms with E-state index < -0.39 is 71.7 Å². The molecular formula is C87H150ClO26P5Si2. The molecule has 0 unspecified atom stereocenters. The molecule has 0 radical (unpaired) electrons. The molecule has 0 aliphatic carbocycles. The van der Waals surface area contributed by atoms with E-state index in [0.29, 0.717) is 67.0 Å². The molecule has 34 heteroatoms. The summed E-state index contributed by atoms with van der Waals surface area (Å²) in [6, 6.07) is 36.6. The van der Waals surface area contributed by atoms with Gasteiger partial charge in [0.05, 0.1) is 72.5 Å². The molecule has 0 saturated heterocycles. The molecule has 0 saturated carbocycles. The molecule has 0 aliphatic heterocycles. The third-order valence-corrected chi connectivity index (χ3v) is 36.8. The lowest BCUT2D eigenvalue weighted by Crippen LogP contribution is -2.41. The molecule has 0 aliphatic rings. The summed E-state index contributed by atoms with van der Waals surface area (Å²) >= 11 is 5.25. The molecule has 0 amide bonds. The third kappa shape index (κ3) is 42.4. The van der Waals surface area contributed by atoms with E-state index in [1.165, 1.54) is 0 Å². The topological polar surface area (TPSA) is 328 Å². The summed E-state index contributed by atoms with van der Waals surface area (Å²) in [4.78, 5) is 21.9. The second kappa shape index (κ2) is 54.0. The average Bonchev–Trinajstić information content (AvgIpc) is 0.809. The van der Waals surface area contributed by atoms with Gasteiger partial charge >= 0.3 is 44.2 Å². The number of carboxylic acid groups (broad SMARTS) is 1. The van der Waals surface area contributed by atoms with E-state index in [2.05, 4.69) is 104 Å². The largest absolute Gasteiger partial charge is 0.530 e. The Morgan fingerprint density at radius 1 is 0.364 bits per heavy atom. The van der Waals surface area contributed by atoms with Crippen LogP contribution < -0.4 is 18.1 Å². The molecule has 26 nitrogen and oxygen atoms in total. The smallest absolute Gasteiger partial charge is 0.508 e. The number of carbonyl (C=O) groups is 2. The highest BCUT2D eigenvalue weighted by Crippen LogP contribution is 2.57. The van der Waals surface area contributed by atoms with Crippen LogP contribution in [-0.4, -0.2) is 130 Å². The van der Waals surface area contributed by atoms with E-state index in [1.54, 1.807) is 138 Å². The number of aromatic hydroxyl groups is 1. The first-order valence-corrected chi connectivity index (χ1v) is 55.6. The monoisotopic (exact) mass is 1860 g/mol. The molecule has 3 N–H and O–H groups in total. The number of aldehydes is 1. The summed E-state index contributed by atoms with van der Waals surface area (Å²) in [6.45, 7) is 60.5. The Kier molecular flexibility index (Phi) is 52.1. The first kappa shape index (κ1) is 117. The van der Waals surface area contributed by atoms with Crippen LogP contribution in [0.15, 0.2) is 121 Å². The van der Waals surface area contributed by atoms with Crippen LogP contribution in [-0.2, 0) is 114 Å². The van der Waals surface area contributed by atoms with Crippen molar-refractivity contribution in [1.29, 1.82) is 0 Å². The Morgan fingerprint density at radius 2 is 0.595 bits per heavy atom. The maximum atomic E-state index is 12.8. The van der Waals surface area contributed by atoms with Gasteiger partial charge in [0.2, 0.25) is 0 Å².